The number of nitrogens with zero attached hydrogens (tertiary/aromatic N) is 3. The summed E-state index contributed by atoms with van der Waals surface area (Å²) in [7, 11) is 0. The van der Waals surface area contributed by atoms with Crippen molar-refractivity contribution in [3.63, 3.8) is 0 Å². The monoisotopic (exact) mass is 362 g/mol. The molecule has 1 aromatic rings. The molecule has 0 bridgehead atoms. The van der Waals surface area contributed by atoms with Gasteiger partial charge in [-0.05, 0) is 18.9 Å². The zero-order valence-electron chi connectivity index (χ0n) is 15.2. The fraction of sp³-hybridized carbons (Fsp3) is 0.471. The van der Waals surface area contributed by atoms with Gasteiger partial charge >= 0.3 is 5.97 Å². The van der Waals surface area contributed by atoms with Gasteiger partial charge in [-0.25, -0.2) is 4.98 Å². The highest BCUT2D eigenvalue weighted by Gasteiger charge is 2.31. The average Bonchev–Trinajstić information content (AvgIpc) is 2.92. The molecule has 140 valence electrons. The number of imidazole rings is 1. The third kappa shape index (κ3) is 4.16. The Hall–Kier alpha value is -2.97. The molecule has 0 atom stereocenters. The Morgan fingerprint density at radius 1 is 1.38 bits per heavy atom. The Labute approximate surface area is 151 Å². The number of hydrogen-bond acceptors (Lipinski definition) is 6. The number of piperazine rings is 1. The first-order chi connectivity index (χ1) is 12.2. The molecule has 0 spiro atoms. The predicted molar refractivity (Wildman–Crippen MR) is 91.5 cm³/mol. The minimum atomic E-state index is -0.591. The maximum absolute atomic E-state index is 12.4. The van der Waals surface area contributed by atoms with Gasteiger partial charge in [0.15, 0.2) is 0 Å². The number of imide groups is 1. The molecule has 1 aliphatic heterocycles. The molecule has 9 heteroatoms. The van der Waals surface area contributed by atoms with Gasteiger partial charge < -0.3 is 14.6 Å². The van der Waals surface area contributed by atoms with E-state index in [1.54, 1.807) is 11.5 Å². The molecule has 26 heavy (non-hydrogen) atoms. The van der Waals surface area contributed by atoms with Gasteiger partial charge in [0.2, 0.25) is 11.8 Å². The van der Waals surface area contributed by atoms with E-state index in [-0.39, 0.29) is 31.3 Å². The van der Waals surface area contributed by atoms with E-state index in [0.717, 1.165) is 4.90 Å². The van der Waals surface area contributed by atoms with Gasteiger partial charge in [-0.15, -0.1) is 0 Å². The standard InChI is InChI=1S/C17H22N4O5/c1-5-26-15(24)8-20-9-18-12(16(20)10(2)3)6-13-17(25)21(11(4)22)7-14(23)19-13/h6,9-10H,5,7-8H2,1-4H3,(H,19,23). The second-order valence-electron chi connectivity index (χ2n) is 6.12. The van der Waals surface area contributed by atoms with Gasteiger partial charge in [-0.1, -0.05) is 13.8 Å². The second kappa shape index (κ2) is 7.94. The minimum absolute atomic E-state index is 0.00258. The Bertz CT molecular complexity index is 778. The summed E-state index contributed by atoms with van der Waals surface area (Å²) in [5.74, 6) is -1.95. The van der Waals surface area contributed by atoms with E-state index in [4.69, 9.17) is 4.74 Å². The molecule has 0 saturated carbocycles. The molecule has 0 unspecified atom stereocenters. The number of amides is 3. The summed E-state index contributed by atoms with van der Waals surface area (Å²) in [5, 5.41) is 2.47. The lowest BCUT2D eigenvalue weighted by atomic mass is 10.1. The van der Waals surface area contributed by atoms with E-state index in [2.05, 4.69) is 10.3 Å². The molecular formula is C17H22N4O5. The lowest BCUT2D eigenvalue weighted by molar-refractivity contribution is -0.147. The van der Waals surface area contributed by atoms with Crippen molar-refractivity contribution in [2.24, 2.45) is 0 Å². The molecule has 3 amide bonds. The Morgan fingerprint density at radius 2 is 2.08 bits per heavy atom. The second-order valence-corrected chi connectivity index (χ2v) is 6.12. The molecule has 9 nitrogen and oxygen atoms in total. The molecule has 0 aliphatic carbocycles. The van der Waals surface area contributed by atoms with Crippen molar-refractivity contribution in [3.05, 3.63) is 23.4 Å². The number of nitrogens with one attached hydrogen (secondary N) is 1. The van der Waals surface area contributed by atoms with Gasteiger partial charge in [-0.3, -0.25) is 24.1 Å². The summed E-state index contributed by atoms with van der Waals surface area (Å²) in [6.07, 6.45) is 2.91. The lowest BCUT2D eigenvalue weighted by Crippen LogP contribution is -2.51. The van der Waals surface area contributed by atoms with E-state index in [9.17, 15) is 19.2 Å². The van der Waals surface area contributed by atoms with Crippen LogP contribution in [-0.2, 0) is 30.5 Å². The van der Waals surface area contributed by atoms with Gasteiger partial charge in [0, 0.05) is 12.6 Å². The fourth-order valence-electron chi connectivity index (χ4n) is 2.71. The van der Waals surface area contributed by atoms with E-state index in [1.807, 2.05) is 13.8 Å². The number of rotatable bonds is 5. The highest BCUT2D eigenvalue weighted by molar-refractivity contribution is 6.12. The Balaban J connectivity index is 2.38. The van der Waals surface area contributed by atoms with Crippen molar-refractivity contribution >= 4 is 29.8 Å². The SMILES string of the molecule is CCOC(=O)Cn1cnc(C=C2NC(=O)CN(C(C)=O)C2=O)c1C(C)C. The molecule has 0 aromatic carbocycles. The van der Waals surface area contributed by atoms with Gasteiger partial charge in [0.05, 0.1) is 18.6 Å². The normalized spacial score (nSPS) is 16.2. The van der Waals surface area contributed by atoms with Crippen molar-refractivity contribution in [3.8, 4) is 0 Å². The van der Waals surface area contributed by atoms with Crippen LogP contribution >= 0.6 is 0 Å². The summed E-state index contributed by atoms with van der Waals surface area (Å²) < 4.78 is 6.60. The van der Waals surface area contributed by atoms with E-state index in [1.165, 1.54) is 19.3 Å². The number of carbonyl (C=O) groups excluding carboxylic acids is 4. The van der Waals surface area contributed by atoms with Crippen molar-refractivity contribution in [1.29, 1.82) is 0 Å². The van der Waals surface area contributed by atoms with Crippen LogP contribution in [0.4, 0.5) is 0 Å². The van der Waals surface area contributed by atoms with Crippen LogP contribution in [0, 0.1) is 0 Å². The van der Waals surface area contributed by atoms with Crippen LogP contribution < -0.4 is 5.32 Å². The van der Waals surface area contributed by atoms with Crippen LogP contribution in [-0.4, -0.2) is 51.3 Å². The Kier molecular flexibility index (Phi) is 5.91. The van der Waals surface area contributed by atoms with Crippen molar-refractivity contribution < 1.29 is 23.9 Å². The minimum Gasteiger partial charge on any atom is -0.465 e. The third-order valence-corrected chi connectivity index (χ3v) is 3.77. The first kappa shape index (κ1) is 19.4. The number of aromatic nitrogens is 2. The molecule has 1 saturated heterocycles. The molecular weight excluding hydrogens is 340 g/mol. The topological polar surface area (TPSA) is 111 Å². The average molecular weight is 362 g/mol. The molecule has 2 rings (SSSR count). The molecule has 1 aliphatic rings. The van der Waals surface area contributed by atoms with Gasteiger partial charge in [0.1, 0.15) is 18.8 Å². The summed E-state index contributed by atoms with van der Waals surface area (Å²) in [6.45, 7) is 6.76. The fourth-order valence-corrected chi connectivity index (χ4v) is 2.71. The zero-order valence-corrected chi connectivity index (χ0v) is 15.2. The molecule has 2 heterocycles. The number of esters is 1. The lowest BCUT2D eigenvalue weighted by Gasteiger charge is -2.25. The van der Waals surface area contributed by atoms with Crippen LogP contribution in [0.1, 0.15) is 45.0 Å². The maximum atomic E-state index is 12.4. The number of carbonyl (C=O) groups is 4. The largest absolute Gasteiger partial charge is 0.465 e. The third-order valence-electron chi connectivity index (χ3n) is 3.77. The number of hydrogen-bond donors (Lipinski definition) is 1. The smallest absolute Gasteiger partial charge is 0.325 e. The first-order valence-electron chi connectivity index (χ1n) is 8.29. The van der Waals surface area contributed by atoms with Crippen molar-refractivity contribution in [2.75, 3.05) is 13.2 Å². The van der Waals surface area contributed by atoms with Crippen molar-refractivity contribution in [1.82, 2.24) is 19.8 Å². The van der Waals surface area contributed by atoms with Crippen LogP contribution in [0.15, 0.2) is 12.0 Å². The summed E-state index contributed by atoms with van der Waals surface area (Å²) >= 11 is 0. The van der Waals surface area contributed by atoms with Crippen molar-refractivity contribution in [2.45, 2.75) is 40.2 Å². The van der Waals surface area contributed by atoms with E-state index >= 15 is 0 Å². The van der Waals surface area contributed by atoms with Crippen LogP contribution in [0.5, 0.6) is 0 Å². The molecule has 0 radical (unpaired) electrons. The highest BCUT2D eigenvalue weighted by atomic mass is 16.5. The van der Waals surface area contributed by atoms with Gasteiger partial charge in [-0.2, -0.15) is 0 Å². The van der Waals surface area contributed by atoms with Crippen LogP contribution in [0.25, 0.3) is 6.08 Å². The van der Waals surface area contributed by atoms with Crippen LogP contribution in [0.3, 0.4) is 0 Å². The quantitative estimate of drug-likeness (QED) is 0.600. The Morgan fingerprint density at radius 3 is 2.65 bits per heavy atom. The molecule has 1 aromatic heterocycles. The summed E-state index contributed by atoms with van der Waals surface area (Å²) in [5.41, 5.74) is 1.13. The predicted octanol–water partition coefficient (Wildman–Crippen LogP) is 0.415. The summed E-state index contributed by atoms with van der Waals surface area (Å²) in [4.78, 5) is 52.6. The molecule has 1 fully saturated rings. The van der Waals surface area contributed by atoms with Gasteiger partial charge in [0.25, 0.3) is 5.91 Å². The van der Waals surface area contributed by atoms with Crippen LogP contribution in [0.2, 0.25) is 0 Å². The van der Waals surface area contributed by atoms with E-state index in [0.29, 0.717) is 11.4 Å². The summed E-state index contributed by atoms with van der Waals surface area (Å²) in [6, 6.07) is 0. The zero-order chi connectivity index (χ0) is 19.4. The number of ether oxygens (including phenoxy) is 1. The van der Waals surface area contributed by atoms with E-state index < -0.39 is 23.7 Å². The molecule has 1 N–H and O–H groups in total. The maximum Gasteiger partial charge on any atom is 0.325 e. The highest BCUT2D eigenvalue weighted by Crippen LogP contribution is 2.22. The first-order valence-corrected chi connectivity index (χ1v) is 8.29.